The van der Waals surface area contributed by atoms with E-state index in [4.69, 9.17) is 11.6 Å². The van der Waals surface area contributed by atoms with E-state index in [9.17, 15) is 0 Å². The maximum Gasteiger partial charge on any atom is 0.0474 e. The summed E-state index contributed by atoms with van der Waals surface area (Å²) in [5, 5.41) is 0. The third kappa shape index (κ3) is 4.82. The predicted molar refractivity (Wildman–Crippen MR) is 86.0 cm³/mol. The molecule has 0 saturated heterocycles. The van der Waals surface area contributed by atoms with Gasteiger partial charge in [-0.3, -0.25) is 4.98 Å². The SMILES string of the molecule is C1=CCC(c2cccnc2)CC1.ClCc1ccccc1. The van der Waals surface area contributed by atoms with Gasteiger partial charge in [0.1, 0.15) is 0 Å². The molecule has 0 amide bonds. The van der Waals surface area contributed by atoms with Gasteiger partial charge in [-0.15, -0.1) is 11.6 Å². The van der Waals surface area contributed by atoms with Crippen LogP contribution in [0.1, 0.15) is 36.3 Å². The molecule has 1 aliphatic rings. The molecule has 1 aromatic heterocycles. The Morgan fingerprint density at radius 1 is 1.05 bits per heavy atom. The molecule has 2 aromatic rings. The monoisotopic (exact) mass is 285 g/mol. The minimum absolute atomic E-state index is 0.612. The predicted octanol–water partition coefficient (Wildman–Crippen LogP) is 5.33. The van der Waals surface area contributed by atoms with E-state index in [0.717, 1.165) is 0 Å². The highest BCUT2D eigenvalue weighted by Gasteiger charge is 2.11. The Hall–Kier alpha value is -1.60. The lowest BCUT2D eigenvalue weighted by molar-refractivity contribution is 0.615. The van der Waals surface area contributed by atoms with Gasteiger partial charge in [-0.2, -0.15) is 0 Å². The van der Waals surface area contributed by atoms with Gasteiger partial charge in [0, 0.05) is 18.3 Å². The number of hydrogen-bond donors (Lipinski definition) is 0. The molecule has 1 unspecified atom stereocenters. The van der Waals surface area contributed by atoms with E-state index < -0.39 is 0 Å². The first kappa shape index (κ1) is 14.8. The Balaban J connectivity index is 0.000000160. The van der Waals surface area contributed by atoms with Crippen LogP contribution in [0.2, 0.25) is 0 Å². The highest BCUT2D eigenvalue weighted by molar-refractivity contribution is 6.17. The number of alkyl halides is 1. The third-order valence-electron chi connectivity index (χ3n) is 3.42. The van der Waals surface area contributed by atoms with Crippen LogP contribution in [0.5, 0.6) is 0 Å². The lowest BCUT2D eigenvalue weighted by atomic mass is 9.89. The van der Waals surface area contributed by atoms with Crippen molar-refractivity contribution >= 4 is 11.6 Å². The standard InChI is InChI=1S/C11H13N.C7H7Cl/c1-2-5-10(6-3-1)11-7-4-8-12-9-11;8-6-7-4-2-1-3-5-7/h1-2,4,7-10H,3,5-6H2;1-5H,6H2. The van der Waals surface area contributed by atoms with Gasteiger partial charge in [0.05, 0.1) is 0 Å². The molecule has 1 heterocycles. The molecule has 1 aromatic carbocycles. The summed E-state index contributed by atoms with van der Waals surface area (Å²) in [5.74, 6) is 1.32. The molecular weight excluding hydrogens is 266 g/mol. The number of benzene rings is 1. The van der Waals surface area contributed by atoms with Crippen molar-refractivity contribution in [3.05, 3.63) is 78.1 Å². The maximum atomic E-state index is 5.53. The molecule has 1 atom stereocenters. The van der Waals surface area contributed by atoms with Crippen molar-refractivity contribution in [2.45, 2.75) is 31.1 Å². The Bertz CT molecular complexity index is 507. The van der Waals surface area contributed by atoms with Crippen LogP contribution < -0.4 is 0 Å². The van der Waals surface area contributed by atoms with E-state index in [1.807, 2.05) is 48.8 Å². The molecule has 0 N–H and O–H groups in total. The van der Waals surface area contributed by atoms with Gasteiger partial charge < -0.3 is 0 Å². The molecular formula is C18H20ClN. The van der Waals surface area contributed by atoms with Crippen molar-refractivity contribution in [3.63, 3.8) is 0 Å². The van der Waals surface area contributed by atoms with Gasteiger partial charge in [0.25, 0.3) is 0 Å². The van der Waals surface area contributed by atoms with Crippen molar-refractivity contribution in [3.8, 4) is 0 Å². The van der Waals surface area contributed by atoms with Crippen molar-refractivity contribution in [1.82, 2.24) is 4.98 Å². The van der Waals surface area contributed by atoms with Gasteiger partial charge in [-0.05, 0) is 42.4 Å². The molecule has 2 heteroatoms. The Morgan fingerprint density at radius 3 is 2.45 bits per heavy atom. The van der Waals surface area contributed by atoms with Crippen LogP contribution in [0.4, 0.5) is 0 Å². The molecule has 20 heavy (non-hydrogen) atoms. The number of aromatic nitrogens is 1. The fraction of sp³-hybridized carbons (Fsp3) is 0.278. The first-order valence-electron chi connectivity index (χ1n) is 7.05. The van der Waals surface area contributed by atoms with Gasteiger partial charge in [-0.25, -0.2) is 0 Å². The van der Waals surface area contributed by atoms with Gasteiger partial charge in [-0.1, -0.05) is 48.6 Å². The quantitative estimate of drug-likeness (QED) is 0.537. The van der Waals surface area contributed by atoms with Gasteiger partial charge >= 0.3 is 0 Å². The fourth-order valence-corrected chi connectivity index (χ4v) is 2.46. The van der Waals surface area contributed by atoms with Crippen molar-refractivity contribution in [1.29, 1.82) is 0 Å². The summed E-state index contributed by atoms with van der Waals surface area (Å²) in [6, 6.07) is 14.2. The summed E-state index contributed by atoms with van der Waals surface area (Å²) < 4.78 is 0. The molecule has 0 fully saturated rings. The zero-order chi connectivity index (χ0) is 14.0. The van der Waals surface area contributed by atoms with E-state index in [0.29, 0.717) is 11.8 Å². The van der Waals surface area contributed by atoms with E-state index in [-0.39, 0.29) is 0 Å². The minimum Gasteiger partial charge on any atom is -0.264 e. The van der Waals surface area contributed by atoms with Crippen LogP contribution in [0, 0.1) is 0 Å². The second-order valence-electron chi connectivity index (χ2n) is 4.89. The lowest BCUT2D eigenvalue weighted by Gasteiger charge is -2.17. The van der Waals surface area contributed by atoms with Crippen molar-refractivity contribution < 1.29 is 0 Å². The second-order valence-corrected chi connectivity index (χ2v) is 5.15. The molecule has 0 saturated carbocycles. The summed E-state index contributed by atoms with van der Waals surface area (Å²) in [5.41, 5.74) is 2.57. The van der Waals surface area contributed by atoms with E-state index in [2.05, 4.69) is 23.2 Å². The number of halogens is 1. The average molecular weight is 286 g/mol. The maximum absolute atomic E-state index is 5.53. The zero-order valence-electron chi connectivity index (χ0n) is 11.6. The summed E-state index contributed by atoms with van der Waals surface area (Å²) in [4.78, 5) is 4.14. The Kier molecular flexibility index (Phi) is 6.33. The summed E-state index contributed by atoms with van der Waals surface area (Å²) in [7, 11) is 0. The summed E-state index contributed by atoms with van der Waals surface area (Å²) in [6.07, 6.45) is 12.1. The topological polar surface area (TPSA) is 12.9 Å². The van der Waals surface area contributed by atoms with Crippen LogP contribution >= 0.6 is 11.6 Å². The average Bonchev–Trinajstić information content (AvgIpc) is 2.58. The molecule has 1 nitrogen and oxygen atoms in total. The van der Waals surface area contributed by atoms with Crippen LogP contribution in [0.15, 0.2) is 67.0 Å². The number of nitrogens with zero attached hydrogens (tertiary/aromatic N) is 1. The first-order chi connectivity index (χ1) is 9.90. The number of pyridine rings is 1. The minimum atomic E-state index is 0.612. The number of hydrogen-bond acceptors (Lipinski definition) is 1. The third-order valence-corrected chi connectivity index (χ3v) is 3.73. The fourth-order valence-electron chi connectivity index (χ4n) is 2.28. The first-order valence-corrected chi connectivity index (χ1v) is 7.58. The van der Waals surface area contributed by atoms with E-state index in [1.165, 1.54) is 30.4 Å². The van der Waals surface area contributed by atoms with Gasteiger partial charge in [0.2, 0.25) is 0 Å². The zero-order valence-corrected chi connectivity index (χ0v) is 12.3. The van der Waals surface area contributed by atoms with Crippen LogP contribution in [0.3, 0.4) is 0 Å². The van der Waals surface area contributed by atoms with Crippen molar-refractivity contribution in [2.75, 3.05) is 0 Å². The largest absolute Gasteiger partial charge is 0.264 e. The normalized spacial score (nSPS) is 17.1. The van der Waals surface area contributed by atoms with Crippen LogP contribution in [0.25, 0.3) is 0 Å². The number of rotatable bonds is 2. The molecule has 0 spiro atoms. The van der Waals surface area contributed by atoms with E-state index in [1.54, 1.807) is 0 Å². The number of allylic oxidation sites excluding steroid dienone is 2. The molecule has 104 valence electrons. The smallest absolute Gasteiger partial charge is 0.0474 e. The lowest BCUT2D eigenvalue weighted by Crippen LogP contribution is -2.00. The Labute approximate surface area is 126 Å². The Morgan fingerprint density at radius 2 is 1.90 bits per heavy atom. The van der Waals surface area contributed by atoms with Crippen molar-refractivity contribution in [2.24, 2.45) is 0 Å². The summed E-state index contributed by atoms with van der Waals surface area (Å²) >= 11 is 5.53. The summed E-state index contributed by atoms with van der Waals surface area (Å²) in [6.45, 7) is 0. The van der Waals surface area contributed by atoms with Crippen LogP contribution in [-0.4, -0.2) is 4.98 Å². The van der Waals surface area contributed by atoms with Gasteiger partial charge in [0.15, 0.2) is 0 Å². The molecule has 0 radical (unpaired) electrons. The molecule has 1 aliphatic carbocycles. The molecule has 0 bridgehead atoms. The molecule has 0 aliphatic heterocycles. The highest BCUT2D eigenvalue weighted by Crippen LogP contribution is 2.27. The second kappa shape index (κ2) is 8.55. The van der Waals surface area contributed by atoms with Crippen LogP contribution in [-0.2, 0) is 5.88 Å². The van der Waals surface area contributed by atoms with E-state index >= 15 is 0 Å². The highest BCUT2D eigenvalue weighted by atomic mass is 35.5. The molecule has 3 rings (SSSR count).